The molecule has 1 atom stereocenters. The van der Waals surface area contributed by atoms with Gasteiger partial charge in [-0.25, -0.2) is 0 Å². The van der Waals surface area contributed by atoms with Crippen LogP contribution in [0.15, 0.2) is 12.1 Å². The molecule has 0 aromatic heterocycles. The van der Waals surface area contributed by atoms with Crippen molar-refractivity contribution in [2.45, 2.75) is 25.8 Å². The van der Waals surface area contributed by atoms with Gasteiger partial charge in [0.15, 0.2) is 0 Å². The van der Waals surface area contributed by atoms with Gasteiger partial charge in [-0.15, -0.1) is 0 Å². The van der Waals surface area contributed by atoms with E-state index in [2.05, 4.69) is 0 Å². The van der Waals surface area contributed by atoms with Crippen molar-refractivity contribution >= 4 is 0 Å². The molecular weight excluding hydrogens is 150 g/mol. The lowest BCUT2D eigenvalue weighted by Crippen LogP contribution is -2.04. The first-order chi connectivity index (χ1) is 5.70. The molecule has 0 saturated carbocycles. The van der Waals surface area contributed by atoms with Crippen LogP contribution in [0.5, 0.6) is 5.75 Å². The van der Waals surface area contributed by atoms with Crippen molar-refractivity contribution in [1.82, 2.24) is 0 Å². The second-order valence-corrected chi connectivity index (χ2v) is 3.42. The predicted octanol–water partition coefficient (Wildman–Crippen LogP) is 1.65. The van der Waals surface area contributed by atoms with Gasteiger partial charge in [0.05, 0.1) is 0 Å². The molecule has 1 aromatic rings. The molecule has 0 amide bonds. The second-order valence-electron chi connectivity index (χ2n) is 3.42. The third-order valence-corrected chi connectivity index (χ3v) is 2.71. The topological polar surface area (TPSA) is 46.2 Å². The van der Waals surface area contributed by atoms with Crippen LogP contribution >= 0.6 is 0 Å². The first kappa shape index (κ1) is 7.62. The molecule has 0 bridgehead atoms. The summed E-state index contributed by atoms with van der Waals surface area (Å²) in [5.41, 5.74) is 9.35. The van der Waals surface area contributed by atoms with E-state index in [0.29, 0.717) is 5.75 Å². The summed E-state index contributed by atoms with van der Waals surface area (Å²) < 4.78 is 0. The average Bonchev–Trinajstić information content (AvgIpc) is 2.41. The van der Waals surface area contributed by atoms with Gasteiger partial charge in [-0.3, -0.25) is 0 Å². The first-order valence-corrected chi connectivity index (χ1v) is 4.27. The number of aromatic hydroxyl groups is 1. The molecule has 0 unspecified atom stereocenters. The van der Waals surface area contributed by atoms with Crippen molar-refractivity contribution in [3.63, 3.8) is 0 Å². The van der Waals surface area contributed by atoms with E-state index in [1.807, 2.05) is 13.0 Å². The smallest absolute Gasteiger partial charge is 0.118 e. The van der Waals surface area contributed by atoms with Gasteiger partial charge in [0.2, 0.25) is 0 Å². The summed E-state index contributed by atoms with van der Waals surface area (Å²) in [4.78, 5) is 0. The lowest BCUT2D eigenvalue weighted by atomic mass is 10.0. The summed E-state index contributed by atoms with van der Waals surface area (Å²) in [6.45, 7) is 1.95. The third-order valence-electron chi connectivity index (χ3n) is 2.71. The van der Waals surface area contributed by atoms with E-state index in [1.54, 1.807) is 6.07 Å². The fourth-order valence-corrected chi connectivity index (χ4v) is 1.90. The van der Waals surface area contributed by atoms with E-state index >= 15 is 0 Å². The molecule has 3 N–H and O–H groups in total. The zero-order valence-electron chi connectivity index (χ0n) is 7.17. The molecule has 12 heavy (non-hydrogen) atoms. The maximum absolute atomic E-state index is 9.43. The largest absolute Gasteiger partial charge is 0.508 e. The van der Waals surface area contributed by atoms with Crippen LogP contribution < -0.4 is 5.73 Å². The van der Waals surface area contributed by atoms with Crippen molar-refractivity contribution < 1.29 is 5.11 Å². The van der Waals surface area contributed by atoms with E-state index in [-0.39, 0.29) is 6.04 Å². The van der Waals surface area contributed by atoms with E-state index in [4.69, 9.17) is 5.73 Å². The lowest BCUT2D eigenvalue weighted by Gasteiger charge is -2.07. The van der Waals surface area contributed by atoms with Crippen molar-refractivity contribution in [3.05, 3.63) is 28.8 Å². The molecule has 1 aliphatic carbocycles. The highest BCUT2D eigenvalue weighted by Crippen LogP contribution is 2.34. The molecule has 0 heterocycles. The summed E-state index contributed by atoms with van der Waals surface area (Å²) in [5.74, 6) is 0.392. The van der Waals surface area contributed by atoms with Gasteiger partial charge in [0.25, 0.3) is 0 Å². The molecule has 0 spiro atoms. The quantitative estimate of drug-likeness (QED) is 0.610. The monoisotopic (exact) mass is 163 g/mol. The van der Waals surface area contributed by atoms with Crippen LogP contribution in [-0.4, -0.2) is 5.11 Å². The molecule has 1 aromatic carbocycles. The predicted molar refractivity (Wildman–Crippen MR) is 48.1 cm³/mol. The molecular formula is C10H13NO. The zero-order valence-corrected chi connectivity index (χ0v) is 7.17. The molecule has 2 nitrogen and oxygen atoms in total. The van der Waals surface area contributed by atoms with E-state index < -0.39 is 0 Å². The minimum Gasteiger partial charge on any atom is -0.508 e. The van der Waals surface area contributed by atoms with E-state index in [9.17, 15) is 5.11 Å². The van der Waals surface area contributed by atoms with Crippen LogP contribution in [0.25, 0.3) is 0 Å². The van der Waals surface area contributed by atoms with Crippen molar-refractivity contribution in [1.29, 1.82) is 0 Å². The van der Waals surface area contributed by atoms with Crippen LogP contribution in [0.4, 0.5) is 0 Å². The van der Waals surface area contributed by atoms with Gasteiger partial charge in [-0.2, -0.15) is 0 Å². The minimum absolute atomic E-state index is 0.180. The number of phenolic OH excluding ortho intramolecular Hbond substituents is 1. The minimum atomic E-state index is 0.180. The maximum atomic E-state index is 9.43. The van der Waals surface area contributed by atoms with Gasteiger partial charge in [0, 0.05) is 6.04 Å². The van der Waals surface area contributed by atoms with Crippen molar-refractivity contribution in [2.75, 3.05) is 0 Å². The normalized spacial score (nSPS) is 21.0. The van der Waals surface area contributed by atoms with Gasteiger partial charge in [-0.05, 0) is 42.5 Å². The first-order valence-electron chi connectivity index (χ1n) is 4.27. The van der Waals surface area contributed by atoms with Crippen LogP contribution in [0.1, 0.15) is 29.2 Å². The molecule has 2 rings (SSSR count). The Hall–Kier alpha value is -1.02. The van der Waals surface area contributed by atoms with Gasteiger partial charge >= 0.3 is 0 Å². The molecule has 0 radical (unpaired) electrons. The summed E-state index contributed by atoms with van der Waals surface area (Å²) in [6.07, 6.45) is 2.02. The highest BCUT2D eigenvalue weighted by Gasteiger charge is 2.21. The highest BCUT2D eigenvalue weighted by molar-refractivity contribution is 5.47. The standard InChI is InChI=1S/C10H13NO/c1-6-7-2-4-9(11)8(7)3-5-10(6)12/h3,5,9,12H,2,4,11H2,1H3/t9-/m1/s1. The fourth-order valence-electron chi connectivity index (χ4n) is 1.90. The van der Waals surface area contributed by atoms with Crippen LogP contribution in [0.2, 0.25) is 0 Å². The Labute approximate surface area is 72.0 Å². The maximum Gasteiger partial charge on any atom is 0.118 e. The van der Waals surface area contributed by atoms with Gasteiger partial charge < -0.3 is 10.8 Å². The number of hydrogen-bond donors (Lipinski definition) is 2. The average molecular weight is 163 g/mol. The Bertz CT molecular complexity index is 320. The Morgan fingerprint density at radius 3 is 3.00 bits per heavy atom. The number of fused-ring (bicyclic) bond motifs is 1. The SMILES string of the molecule is Cc1c(O)ccc2c1CC[C@H]2N. The third kappa shape index (κ3) is 0.916. The summed E-state index contributed by atoms with van der Waals surface area (Å²) >= 11 is 0. The molecule has 0 fully saturated rings. The highest BCUT2D eigenvalue weighted by atomic mass is 16.3. The molecule has 0 aliphatic heterocycles. The fraction of sp³-hybridized carbons (Fsp3) is 0.400. The van der Waals surface area contributed by atoms with Crippen molar-refractivity contribution in [3.8, 4) is 5.75 Å². The molecule has 1 aliphatic rings. The Morgan fingerprint density at radius 2 is 2.25 bits per heavy atom. The zero-order chi connectivity index (χ0) is 8.72. The second kappa shape index (κ2) is 2.49. The number of phenols is 1. The van der Waals surface area contributed by atoms with Crippen LogP contribution in [0, 0.1) is 6.92 Å². The van der Waals surface area contributed by atoms with Crippen LogP contribution in [0.3, 0.4) is 0 Å². The van der Waals surface area contributed by atoms with E-state index in [0.717, 1.165) is 18.4 Å². The molecule has 0 saturated heterocycles. The molecule has 2 heteroatoms. The van der Waals surface area contributed by atoms with E-state index in [1.165, 1.54) is 11.1 Å². The number of benzene rings is 1. The van der Waals surface area contributed by atoms with Gasteiger partial charge in [-0.1, -0.05) is 6.07 Å². The Kier molecular flexibility index (Phi) is 1.58. The van der Waals surface area contributed by atoms with Gasteiger partial charge in [0.1, 0.15) is 5.75 Å². The summed E-state index contributed by atoms with van der Waals surface area (Å²) in [7, 11) is 0. The van der Waals surface area contributed by atoms with Crippen molar-refractivity contribution in [2.24, 2.45) is 5.73 Å². The number of rotatable bonds is 0. The van der Waals surface area contributed by atoms with Crippen LogP contribution in [-0.2, 0) is 6.42 Å². The lowest BCUT2D eigenvalue weighted by molar-refractivity contribution is 0.470. The Morgan fingerprint density at radius 1 is 1.50 bits per heavy atom. The molecule has 64 valence electrons. The number of nitrogens with two attached hydrogens (primary N) is 1. The summed E-state index contributed by atoms with van der Waals surface area (Å²) in [6, 6.07) is 3.86. The Balaban J connectivity index is 2.60. The number of hydrogen-bond acceptors (Lipinski definition) is 2. The summed E-state index contributed by atoms with van der Waals surface area (Å²) in [5, 5.41) is 9.43.